The fraction of sp³-hybridized carbons (Fsp3) is 0.667. The largest absolute Gasteiger partial charge is 0.469 e. The van der Waals surface area contributed by atoms with E-state index in [0.717, 1.165) is 19.3 Å². The molecule has 0 bridgehead atoms. The van der Waals surface area contributed by atoms with Crippen molar-refractivity contribution in [3.8, 4) is 0 Å². The first kappa shape index (κ1) is 24.4. The number of amides is 1. The summed E-state index contributed by atoms with van der Waals surface area (Å²) in [4.78, 5) is 24.0. The quantitative estimate of drug-likeness (QED) is 0.570. The molecule has 1 aromatic rings. The molecule has 1 aromatic carbocycles. The highest BCUT2D eigenvalue weighted by Crippen LogP contribution is 2.44. The normalized spacial score (nSPS) is 21.2. The van der Waals surface area contributed by atoms with E-state index in [1.54, 1.807) is 13.2 Å². The van der Waals surface area contributed by atoms with Crippen molar-refractivity contribution in [2.24, 2.45) is 17.6 Å². The number of nitrogens with two attached hydrogens (primary N) is 1. The molecule has 0 spiro atoms. The van der Waals surface area contributed by atoms with Crippen molar-refractivity contribution >= 4 is 11.9 Å². The lowest BCUT2D eigenvalue weighted by atomic mass is 9.62. The van der Waals surface area contributed by atoms with E-state index < -0.39 is 5.91 Å². The maximum absolute atomic E-state index is 12.1. The molecule has 0 saturated heterocycles. The average Bonchev–Trinajstić information content (AvgIpc) is 2.74. The number of primary amides is 1. The van der Waals surface area contributed by atoms with E-state index >= 15 is 0 Å². The smallest absolute Gasteiger partial charge is 0.308 e. The number of carbonyl (C=O) groups is 2. The zero-order valence-electron chi connectivity index (χ0n) is 19.3. The summed E-state index contributed by atoms with van der Waals surface area (Å²) >= 11 is 0. The molecule has 2 rings (SSSR count). The Morgan fingerprint density at radius 3 is 2.40 bits per heavy atom. The Hall–Kier alpha value is -1.92. The van der Waals surface area contributed by atoms with Crippen molar-refractivity contribution in [3.05, 3.63) is 34.9 Å². The molecule has 0 fully saturated rings. The molecule has 0 aromatic heterocycles. The van der Waals surface area contributed by atoms with Crippen molar-refractivity contribution in [2.45, 2.75) is 70.9 Å². The summed E-state index contributed by atoms with van der Waals surface area (Å²) in [5.74, 6) is -0.495. The second-order valence-corrected chi connectivity index (χ2v) is 8.67. The van der Waals surface area contributed by atoms with Gasteiger partial charge in [-0.2, -0.15) is 0 Å². The number of rotatable bonds is 10. The summed E-state index contributed by atoms with van der Waals surface area (Å²) in [6, 6.07) is 5.86. The van der Waals surface area contributed by atoms with Gasteiger partial charge in [-0.1, -0.05) is 33.8 Å². The topological polar surface area (TPSA) is 90.7 Å². The lowest BCUT2D eigenvalue weighted by molar-refractivity contribution is -0.147. The van der Waals surface area contributed by atoms with Crippen LogP contribution in [0.25, 0.3) is 0 Å². The van der Waals surface area contributed by atoms with E-state index in [-0.39, 0.29) is 35.4 Å². The fourth-order valence-electron chi connectivity index (χ4n) is 5.12. The summed E-state index contributed by atoms with van der Waals surface area (Å²) < 4.78 is 10.9. The first-order valence-corrected chi connectivity index (χ1v) is 11.0. The van der Waals surface area contributed by atoms with E-state index in [1.165, 1.54) is 18.2 Å². The first-order chi connectivity index (χ1) is 14.2. The van der Waals surface area contributed by atoms with E-state index in [0.29, 0.717) is 18.5 Å². The van der Waals surface area contributed by atoms with E-state index in [4.69, 9.17) is 15.2 Å². The summed E-state index contributed by atoms with van der Waals surface area (Å²) in [5, 5.41) is 3.72. The second kappa shape index (κ2) is 10.4. The summed E-state index contributed by atoms with van der Waals surface area (Å²) in [5.41, 5.74) is 8.32. The molecule has 6 nitrogen and oxygen atoms in total. The van der Waals surface area contributed by atoms with Gasteiger partial charge in [0.1, 0.15) is 0 Å². The van der Waals surface area contributed by atoms with Crippen LogP contribution in [0.5, 0.6) is 0 Å². The lowest BCUT2D eigenvalue weighted by Crippen LogP contribution is -2.59. The Morgan fingerprint density at radius 2 is 1.90 bits per heavy atom. The molecule has 1 amide bonds. The standard InChI is InChI=1S/C24H38N2O4/c1-7-24(8-2)19-13-17(22(25)27)10-9-16(19)14-20(29-5)21(24)26-12-11-18(15(3)4)23(28)30-6/h9-10,13,15,18,20-21,26H,7-8,11-12,14H2,1-6H3,(H2,25,27)/t18?,20-,21+/m0/s1. The van der Waals surface area contributed by atoms with E-state index in [9.17, 15) is 9.59 Å². The van der Waals surface area contributed by atoms with Gasteiger partial charge in [-0.25, -0.2) is 0 Å². The molecule has 0 aliphatic heterocycles. The molecular formula is C24H38N2O4. The number of carbonyl (C=O) groups excluding carboxylic acids is 2. The van der Waals surface area contributed by atoms with Gasteiger partial charge in [0, 0.05) is 30.6 Å². The maximum atomic E-state index is 12.1. The predicted octanol–water partition coefficient (Wildman–Crippen LogP) is 3.21. The molecular weight excluding hydrogens is 380 g/mol. The molecule has 1 aliphatic carbocycles. The summed E-state index contributed by atoms with van der Waals surface area (Å²) in [6.45, 7) is 9.15. The molecule has 168 valence electrons. The van der Waals surface area contributed by atoms with Gasteiger partial charge < -0.3 is 20.5 Å². The first-order valence-electron chi connectivity index (χ1n) is 11.0. The number of fused-ring (bicyclic) bond motifs is 1. The highest BCUT2D eigenvalue weighted by atomic mass is 16.5. The number of nitrogens with one attached hydrogen (secondary N) is 1. The highest BCUT2D eigenvalue weighted by Gasteiger charge is 2.46. The average molecular weight is 419 g/mol. The van der Waals surface area contributed by atoms with Crippen LogP contribution in [0, 0.1) is 11.8 Å². The molecule has 0 radical (unpaired) electrons. The van der Waals surface area contributed by atoms with Crippen LogP contribution in [0.15, 0.2) is 18.2 Å². The molecule has 1 unspecified atom stereocenters. The molecule has 30 heavy (non-hydrogen) atoms. The van der Waals surface area contributed by atoms with Crippen LogP contribution < -0.4 is 11.1 Å². The van der Waals surface area contributed by atoms with Gasteiger partial charge in [0.15, 0.2) is 0 Å². The van der Waals surface area contributed by atoms with Crippen LogP contribution in [-0.4, -0.2) is 44.8 Å². The maximum Gasteiger partial charge on any atom is 0.308 e. The lowest BCUT2D eigenvalue weighted by Gasteiger charge is -2.49. The Kier molecular flexibility index (Phi) is 8.44. The molecule has 0 heterocycles. The van der Waals surface area contributed by atoms with Crippen molar-refractivity contribution in [1.29, 1.82) is 0 Å². The number of esters is 1. The van der Waals surface area contributed by atoms with Gasteiger partial charge in [-0.05, 0) is 55.0 Å². The van der Waals surface area contributed by atoms with Crippen LogP contribution in [0.4, 0.5) is 0 Å². The van der Waals surface area contributed by atoms with E-state index in [2.05, 4.69) is 19.2 Å². The minimum absolute atomic E-state index is 0.00690. The number of hydrogen-bond acceptors (Lipinski definition) is 5. The Labute approximate surface area is 180 Å². The Bertz CT molecular complexity index is 743. The van der Waals surface area contributed by atoms with Crippen LogP contribution >= 0.6 is 0 Å². The number of hydrogen-bond donors (Lipinski definition) is 2. The van der Waals surface area contributed by atoms with Crippen LogP contribution in [0.1, 0.15) is 68.4 Å². The van der Waals surface area contributed by atoms with Gasteiger partial charge in [0.05, 0.1) is 19.1 Å². The van der Waals surface area contributed by atoms with E-state index in [1.807, 2.05) is 26.0 Å². The Morgan fingerprint density at radius 1 is 1.23 bits per heavy atom. The SMILES string of the molecule is CCC1(CC)c2cc(C(N)=O)ccc2C[C@H](OC)[C@H]1NCCC(C(=O)OC)C(C)C. The van der Waals surface area contributed by atoms with Crippen molar-refractivity contribution in [1.82, 2.24) is 5.32 Å². The third-order valence-electron chi connectivity index (χ3n) is 7.01. The van der Waals surface area contributed by atoms with Crippen LogP contribution in [-0.2, 0) is 26.1 Å². The van der Waals surface area contributed by atoms with Crippen molar-refractivity contribution < 1.29 is 19.1 Å². The summed E-state index contributed by atoms with van der Waals surface area (Å²) in [7, 11) is 3.20. The molecule has 1 aliphatic rings. The minimum Gasteiger partial charge on any atom is -0.469 e. The van der Waals surface area contributed by atoms with Gasteiger partial charge >= 0.3 is 5.97 Å². The van der Waals surface area contributed by atoms with Crippen molar-refractivity contribution in [3.63, 3.8) is 0 Å². The molecule has 3 N–H and O–H groups in total. The molecule has 3 atom stereocenters. The second-order valence-electron chi connectivity index (χ2n) is 8.67. The van der Waals surface area contributed by atoms with Crippen molar-refractivity contribution in [2.75, 3.05) is 20.8 Å². The monoisotopic (exact) mass is 418 g/mol. The zero-order valence-corrected chi connectivity index (χ0v) is 19.3. The zero-order chi connectivity index (χ0) is 22.5. The molecule has 0 saturated carbocycles. The van der Waals surface area contributed by atoms with Crippen LogP contribution in [0.3, 0.4) is 0 Å². The van der Waals surface area contributed by atoms with Crippen LogP contribution in [0.2, 0.25) is 0 Å². The van der Waals surface area contributed by atoms with Gasteiger partial charge in [0.2, 0.25) is 5.91 Å². The van der Waals surface area contributed by atoms with Gasteiger partial charge in [0.25, 0.3) is 0 Å². The highest BCUT2D eigenvalue weighted by molar-refractivity contribution is 5.93. The fourth-order valence-corrected chi connectivity index (χ4v) is 5.12. The minimum atomic E-state index is -0.407. The van der Waals surface area contributed by atoms with Gasteiger partial charge in [-0.3, -0.25) is 9.59 Å². The number of ether oxygens (including phenoxy) is 2. The Balaban J connectivity index is 2.35. The van der Waals surface area contributed by atoms with Gasteiger partial charge in [-0.15, -0.1) is 0 Å². The third kappa shape index (κ3) is 4.70. The summed E-state index contributed by atoms with van der Waals surface area (Å²) in [6.07, 6.45) is 3.29. The molecule has 6 heteroatoms. The third-order valence-corrected chi connectivity index (χ3v) is 7.01. The number of benzene rings is 1. The number of methoxy groups -OCH3 is 2. The predicted molar refractivity (Wildman–Crippen MR) is 118 cm³/mol.